The summed E-state index contributed by atoms with van der Waals surface area (Å²) in [5.41, 5.74) is 0.811. The summed E-state index contributed by atoms with van der Waals surface area (Å²) < 4.78 is 18.7. The van der Waals surface area contributed by atoms with E-state index < -0.39 is 11.7 Å². The van der Waals surface area contributed by atoms with Gasteiger partial charge in [-0.25, -0.2) is 4.39 Å². The van der Waals surface area contributed by atoms with E-state index in [0.29, 0.717) is 12.0 Å². The van der Waals surface area contributed by atoms with E-state index >= 15 is 0 Å². The van der Waals surface area contributed by atoms with Gasteiger partial charge < -0.3 is 9.84 Å². The molecule has 0 aliphatic carbocycles. The van der Waals surface area contributed by atoms with Gasteiger partial charge in [0.25, 0.3) is 0 Å². The van der Waals surface area contributed by atoms with Gasteiger partial charge in [0.2, 0.25) is 0 Å². The zero-order valence-electron chi connectivity index (χ0n) is 10.2. The standard InChI is InChI=1S/C13H19FO2/c1-9-5-6-11(14)10(7-9)12(15)8-13(2,3)16-4/h5-7,12,15H,8H2,1-4H3. The predicted octanol–water partition coefficient (Wildman–Crippen LogP) is 2.98. The molecule has 0 fully saturated rings. The number of halogens is 1. The van der Waals surface area contributed by atoms with Crippen LogP contribution in [-0.2, 0) is 4.74 Å². The summed E-state index contributed by atoms with van der Waals surface area (Å²) in [6.45, 7) is 5.60. The van der Waals surface area contributed by atoms with Crippen LogP contribution in [0.25, 0.3) is 0 Å². The molecule has 0 amide bonds. The van der Waals surface area contributed by atoms with Crippen molar-refractivity contribution in [3.63, 3.8) is 0 Å². The van der Waals surface area contributed by atoms with Crippen LogP contribution >= 0.6 is 0 Å². The molecule has 2 nitrogen and oxygen atoms in total. The molecule has 1 atom stereocenters. The van der Waals surface area contributed by atoms with Crippen LogP contribution in [-0.4, -0.2) is 17.8 Å². The molecular weight excluding hydrogens is 207 g/mol. The molecule has 0 aliphatic heterocycles. The third kappa shape index (κ3) is 3.29. The number of methoxy groups -OCH3 is 1. The number of benzene rings is 1. The number of aryl methyl sites for hydroxylation is 1. The zero-order chi connectivity index (χ0) is 12.3. The van der Waals surface area contributed by atoms with Crippen LogP contribution in [0.3, 0.4) is 0 Å². The lowest BCUT2D eigenvalue weighted by Gasteiger charge is -2.26. The molecule has 1 aromatic rings. The molecule has 1 aromatic carbocycles. The predicted molar refractivity (Wildman–Crippen MR) is 61.8 cm³/mol. The summed E-state index contributed by atoms with van der Waals surface area (Å²) in [7, 11) is 1.58. The van der Waals surface area contributed by atoms with E-state index in [1.54, 1.807) is 19.2 Å². The van der Waals surface area contributed by atoms with E-state index in [2.05, 4.69) is 0 Å². The molecule has 1 N–H and O–H groups in total. The Morgan fingerprint density at radius 1 is 1.44 bits per heavy atom. The van der Waals surface area contributed by atoms with Gasteiger partial charge in [-0.05, 0) is 26.8 Å². The largest absolute Gasteiger partial charge is 0.388 e. The number of ether oxygens (including phenoxy) is 1. The first-order chi connectivity index (χ1) is 7.35. The van der Waals surface area contributed by atoms with Gasteiger partial charge in [-0.1, -0.05) is 17.7 Å². The molecule has 16 heavy (non-hydrogen) atoms. The minimum atomic E-state index is -0.838. The second-order valence-corrected chi connectivity index (χ2v) is 4.71. The van der Waals surface area contributed by atoms with Crippen LogP contribution in [0.4, 0.5) is 4.39 Å². The van der Waals surface area contributed by atoms with Gasteiger partial charge in [0.15, 0.2) is 0 Å². The smallest absolute Gasteiger partial charge is 0.129 e. The summed E-state index contributed by atoms with van der Waals surface area (Å²) in [4.78, 5) is 0. The van der Waals surface area contributed by atoms with Crippen LogP contribution in [0.15, 0.2) is 18.2 Å². The van der Waals surface area contributed by atoms with Crippen molar-refractivity contribution >= 4 is 0 Å². The molecule has 1 unspecified atom stereocenters. The van der Waals surface area contributed by atoms with Crippen LogP contribution < -0.4 is 0 Å². The Morgan fingerprint density at radius 2 is 2.06 bits per heavy atom. The lowest BCUT2D eigenvalue weighted by Crippen LogP contribution is -2.25. The van der Waals surface area contributed by atoms with E-state index in [-0.39, 0.29) is 5.82 Å². The van der Waals surface area contributed by atoms with E-state index in [0.717, 1.165) is 5.56 Å². The highest BCUT2D eigenvalue weighted by Gasteiger charge is 2.24. The van der Waals surface area contributed by atoms with E-state index in [4.69, 9.17) is 4.74 Å². The van der Waals surface area contributed by atoms with E-state index in [9.17, 15) is 9.50 Å². The SMILES string of the molecule is COC(C)(C)CC(O)c1cc(C)ccc1F. The second-order valence-electron chi connectivity index (χ2n) is 4.71. The van der Waals surface area contributed by atoms with Gasteiger partial charge >= 0.3 is 0 Å². The van der Waals surface area contributed by atoms with Gasteiger partial charge in [0.05, 0.1) is 11.7 Å². The highest BCUT2D eigenvalue weighted by atomic mass is 19.1. The normalized spacial score (nSPS) is 13.9. The Labute approximate surface area is 96.1 Å². The topological polar surface area (TPSA) is 29.5 Å². The summed E-state index contributed by atoms with van der Waals surface area (Å²) >= 11 is 0. The fraction of sp³-hybridized carbons (Fsp3) is 0.538. The quantitative estimate of drug-likeness (QED) is 0.855. The molecule has 0 heterocycles. The van der Waals surface area contributed by atoms with Gasteiger partial charge in [0, 0.05) is 19.1 Å². The number of rotatable bonds is 4. The molecule has 3 heteroatoms. The minimum absolute atomic E-state index is 0.338. The van der Waals surface area contributed by atoms with Crippen molar-refractivity contribution in [3.05, 3.63) is 35.1 Å². The van der Waals surface area contributed by atoms with Crippen LogP contribution in [0, 0.1) is 12.7 Å². The first-order valence-corrected chi connectivity index (χ1v) is 5.35. The third-order valence-electron chi connectivity index (χ3n) is 2.75. The number of aliphatic hydroxyl groups is 1. The summed E-state index contributed by atoms with van der Waals surface area (Å²) in [6, 6.07) is 4.74. The molecule has 0 aliphatic rings. The zero-order valence-corrected chi connectivity index (χ0v) is 10.2. The fourth-order valence-electron chi connectivity index (χ4n) is 1.58. The van der Waals surface area contributed by atoms with Crippen molar-refractivity contribution < 1.29 is 14.2 Å². The second kappa shape index (κ2) is 4.93. The Morgan fingerprint density at radius 3 is 2.62 bits per heavy atom. The number of aliphatic hydroxyl groups excluding tert-OH is 1. The number of hydrogen-bond donors (Lipinski definition) is 1. The molecule has 0 spiro atoms. The van der Waals surface area contributed by atoms with Crippen molar-refractivity contribution in [1.29, 1.82) is 0 Å². The lowest BCUT2D eigenvalue weighted by atomic mass is 9.95. The molecule has 90 valence electrons. The maximum atomic E-state index is 13.5. The van der Waals surface area contributed by atoms with Crippen molar-refractivity contribution in [2.24, 2.45) is 0 Å². The average Bonchev–Trinajstić information content (AvgIpc) is 2.21. The fourth-order valence-corrected chi connectivity index (χ4v) is 1.58. The first-order valence-electron chi connectivity index (χ1n) is 5.35. The van der Waals surface area contributed by atoms with E-state index in [1.807, 2.05) is 20.8 Å². The molecule has 0 bridgehead atoms. The Hall–Kier alpha value is -0.930. The molecule has 1 rings (SSSR count). The Bertz CT molecular complexity index is 361. The Balaban J connectivity index is 2.88. The molecular formula is C13H19FO2. The summed E-state index contributed by atoms with van der Waals surface area (Å²) in [5, 5.41) is 9.97. The molecule has 0 aromatic heterocycles. The van der Waals surface area contributed by atoms with Gasteiger partial charge in [-0.3, -0.25) is 0 Å². The summed E-state index contributed by atoms with van der Waals surface area (Å²) in [6.07, 6.45) is -0.473. The van der Waals surface area contributed by atoms with Gasteiger partial charge in [-0.15, -0.1) is 0 Å². The van der Waals surface area contributed by atoms with Crippen molar-refractivity contribution in [2.75, 3.05) is 7.11 Å². The van der Waals surface area contributed by atoms with Gasteiger partial charge in [0.1, 0.15) is 5.82 Å². The van der Waals surface area contributed by atoms with Crippen molar-refractivity contribution in [3.8, 4) is 0 Å². The molecule has 0 saturated heterocycles. The van der Waals surface area contributed by atoms with Crippen molar-refractivity contribution in [1.82, 2.24) is 0 Å². The highest BCUT2D eigenvalue weighted by molar-refractivity contribution is 5.26. The van der Waals surface area contributed by atoms with E-state index in [1.165, 1.54) is 6.07 Å². The van der Waals surface area contributed by atoms with Crippen LogP contribution in [0.2, 0.25) is 0 Å². The average molecular weight is 226 g/mol. The Kier molecular flexibility index (Phi) is 4.05. The first kappa shape index (κ1) is 13.1. The van der Waals surface area contributed by atoms with Gasteiger partial charge in [-0.2, -0.15) is 0 Å². The number of hydrogen-bond acceptors (Lipinski definition) is 2. The molecule has 0 radical (unpaired) electrons. The summed E-state index contributed by atoms with van der Waals surface area (Å²) in [5.74, 6) is -0.370. The minimum Gasteiger partial charge on any atom is -0.388 e. The van der Waals surface area contributed by atoms with Crippen LogP contribution in [0.5, 0.6) is 0 Å². The highest BCUT2D eigenvalue weighted by Crippen LogP contribution is 2.27. The lowest BCUT2D eigenvalue weighted by molar-refractivity contribution is -0.0207. The monoisotopic (exact) mass is 226 g/mol. The maximum Gasteiger partial charge on any atom is 0.129 e. The maximum absolute atomic E-state index is 13.5. The van der Waals surface area contributed by atoms with Crippen molar-refractivity contribution in [2.45, 2.75) is 38.9 Å². The third-order valence-corrected chi connectivity index (χ3v) is 2.75. The molecule has 0 saturated carbocycles. The van der Waals surface area contributed by atoms with Crippen LogP contribution in [0.1, 0.15) is 37.5 Å².